The van der Waals surface area contributed by atoms with E-state index in [1.54, 1.807) is 19.1 Å². The van der Waals surface area contributed by atoms with E-state index in [-0.39, 0.29) is 17.0 Å². The van der Waals surface area contributed by atoms with Crippen LogP contribution in [0.4, 0.5) is 0 Å². The summed E-state index contributed by atoms with van der Waals surface area (Å²) in [6, 6.07) is 9.01. The van der Waals surface area contributed by atoms with Crippen LogP contribution in [0.2, 0.25) is 0 Å². The average molecular weight is 376 g/mol. The summed E-state index contributed by atoms with van der Waals surface area (Å²) in [5.41, 5.74) is 3.94. The van der Waals surface area contributed by atoms with Gasteiger partial charge < -0.3 is 15.8 Å². The molecule has 0 heterocycles. The molecule has 0 aliphatic heterocycles. The summed E-state index contributed by atoms with van der Waals surface area (Å²) < 4.78 is 0. The quantitative estimate of drug-likeness (QED) is 0.219. The number of oxime groups is 1. The first kappa shape index (κ1) is 22.8. The maximum Gasteiger partial charge on any atom is 0.271 e. The van der Waals surface area contributed by atoms with Gasteiger partial charge in [0.25, 0.3) is 5.91 Å². The highest BCUT2D eigenvalue weighted by molar-refractivity contribution is 5.96. The maximum atomic E-state index is 12.1. The topological polar surface area (TPSA) is 98.1 Å². The van der Waals surface area contributed by atoms with E-state index in [0.717, 1.165) is 25.2 Å². The lowest BCUT2D eigenvalue weighted by Crippen LogP contribution is -2.49. The molecule has 0 aliphatic rings. The van der Waals surface area contributed by atoms with Gasteiger partial charge in [-0.3, -0.25) is 4.79 Å². The van der Waals surface area contributed by atoms with E-state index in [9.17, 15) is 4.79 Å². The monoisotopic (exact) mass is 375 g/mol. The maximum absolute atomic E-state index is 12.1. The van der Waals surface area contributed by atoms with Gasteiger partial charge in [-0.05, 0) is 73.2 Å². The van der Waals surface area contributed by atoms with Crippen molar-refractivity contribution in [3.05, 3.63) is 35.9 Å². The van der Waals surface area contributed by atoms with Gasteiger partial charge in [-0.2, -0.15) is 5.10 Å². The Balaban J connectivity index is 2.44. The van der Waals surface area contributed by atoms with Gasteiger partial charge in [-0.25, -0.2) is 5.43 Å². The number of carbonyl (C=O) groups excluding carboxylic acids is 1. The molecule has 0 radical (unpaired) electrons. The van der Waals surface area contributed by atoms with Crippen LogP contribution < -0.4 is 16.1 Å². The fourth-order valence-electron chi connectivity index (χ4n) is 2.20. The zero-order chi connectivity index (χ0) is 20.5. The molecule has 0 unspecified atom stereocenters. The Morgan fingerprint density at radius 2 is 1.48 bits per heavy atom. The minimum atomic E-state index is -0.345. The minimum Gasteiger partial charge on any atom is -0.411 e. The molecular formula is C20H33N5O2. The third-order valence-corrected chi connectivity index (χ3v) is 4.81. The fourth-order valence-corrected chi connectivity index (χ4v) is 2.20. The molecule has 0 spiro atoms. The molecule has 0 saturated carbocycles. The Kier molecular flexibility index (Phi) is 8.59. The Bertz CT molecular complexity index is 666. The largest absolute Gasteiger partial charge is 0.411 e. The van der Waals surface area contributed by atoms with Crippen molar-refractivity contribution >= 4 is 17.3 Å². The second kappa shape index (κ2) is 10.2. The lowest BCUT2D eigenvalue weighted by atomic mass is 9.99. The van der Waals surface area contributed by atoms with Crippen LogP contribution in [0.3, 0.4) is 0 Å². The van der Waals surface area contributed by atoms with E-state index in [1.807, 2.05) is 52.8 Å². The Labute approximate surface area is 162 Å². The van der Waals surface area contributed by atoms with Gasteiger partial charge in [0, 0.05) is 5.56 Å². The van der Waals surface area contributed by atoms with Crippen LogP contribution in [0, 0.1) is 0 Å². The smallest absolute Gasteiger partial charge is 0.271 e. The van der Waals surface area contributed by atoms with Gasteiger partial charge in [0.05, 0.1) is 22.5 Å². The van der Waals surface area contributed by atoms with Crippen molar-refractivity contribution in [3.8, 4) is 0 Å². The first-order valence-corrected chi connectivity index (χ1v) is 9.19. The van der Waals surface area contributed by atoms with Crippen LogP contribution in [-0.2, 0) is 0 Å². The van der Waals surface area contributed by atoms with Crippen molar-refractivity contribution in [2.24, 2.45) is 10.3 Å². The fraction of sp³-hybridized carbons (Fsp3) is 0.550. The summed E-state index contributed by atoms with van der Waals surface area (Å²) in [5, 5.41) is 23.2. The third kappa shape index (κ3) is 7.48. The molecule has 27 heavy (non-hydrogen) atoms. The van der Waals surface area contributed by atoms with Gasteiger partial charge in [-0.15, -0.1) is 0 Å². The molecule has 1 rings (SSSR count). The van der Waals surface area contributed by atoms with Crippen LogP contribution >= 0.6 is 0 Å². The van der Waals surface area contributed by atoms with Crippen molar-refractivity contribution in [2.45, 2.75) is 59.0 Å². The molecule has 1 aromatic carbocycles. The molecule has 0 saturated heterocycles. The molecule has 1 amide bonds. The van der Waals surface area contributed by atoms with Crippen LogP contribution in [0.25, 0.3) is 0 Å². The molecule has 0 atom stereocenters. The molecule has 0 fully saturated rings. The normalized spacial score (nSPS) is 13.6. The summed E-state index contributed by atoms with van der Waals surface area (Å²) in [5.74, 6) is -0.224. The van der Waals surface area contributed by atoms with Crippen molar-refractivity contribution in [2.75, 3.05) is 13.1 Å². The van der Waals surface area contributed by atoms with E-state index in [0.29, 0.717) is 11.3 Å². The number of benzene rings is 1. The summed E-state index contributed by atoms with van der Waals surface area (Å²) >= 11 is 0. The molecule has 0 aromatic heterocycles. The van der Waals surface area contributed by atoms with Crippen LogP contribution in [0.15, 0.2) is 40.6 Å². The molecule has 0 aliphatic carbocycles. The minimum absolute atomic E-state index is 0.224. The zero-order valence-corrected chi connectivity index (χ0v) is 17.3. The third-order valence-electron chi connectivity index (χ3n) is 4.81. The van der Waals surface area contributed by atoms with Crippen molar-refractivity contribution < 1.29 is 10.0 Å². The first-order chi connectivity index (χ1) is 12.6. The van der Waals surface area contributed by atoms with Crippen molar-refractivity contribution in [1.29, 1.82) is 0 Å². The number of amides is 1. The number of nitrogens with zero attached hydrogens (tertiary/aromatic N) is 2. The second-order valence-electron chi connectivity index (χ2n) is 7.65. The predicted molar refractivity (Wildman–Crippen MR) is 111 cm³/mol. The van der Waals surface area contributed by atoms with Gasteiger partial charge in [0.2, 0.25) is 0 Å². The van der Waals surface area contributed by atoms with Crippen molar-refractivity contribution in [3.63, 3.8) is 0 Å². The SMILES string of the molecule is CC(=NO)C(C)(C)NCCCNC(C)(C)C(C)=NNC(=O)c1ccccc1. The molecule has 7 heteroatoms. The highest BCUT2D eigenvalue weighted by Crippen LogP contribution is 2.07. The highest BCUT2D eigenvalue weighted by atomic mass is 16.4. The van der Waals surface area contributed by atoms with E-state index in [1.165, 1.54) is 0 Å². The number of hydrogen-bond acceptors (Lipinski definition) is 6. The molecule has 150 valence electrons. The molecule has 4 N–H and O–H groups in total. The summed E-state index contributed by atoms with van der Waals surface area (Å²) in [4.78, 5) is 12.1. The highest BCUT2D eigenvalue weighted by Gasteiger charge is 2.23. The lowest BCUT2D eigenvalue weighted by molar-refractivity contribution is 0.0954. The lowest BCUT2D eigenvalue weighted by Gasteiger charge is -2.28. The number of rotatable bonds is 10. The summed E-state index contributed by atoms with van der Waals surface area (Å²) in [6.45, 7) is 13.3. The Morgan fingerprint density at radius 3 is 2.00 bits per heavy atom. The zero-order valence-electron chi connectivity index (χ0n) is 17.3. The first-order valence-electron chi connectivity index (χ1n) is 9.19. The number of carbonyl (C=O) groups is 1. The van der Waals surface area contributed by atoms with Gasteiger partial charge in [0.15, 0.2) is 0 Å². The molecule has 7 nitrogen and oxygen atoms in total. The standard InChI is InChI=1S/C20H33N5O2/c1-15(23-24-18(26)17-11-8-7-9-12-17)19(3,4)21-13-10-14-22-20(5,6)16(2)25-27/h7-9,11-12,21-22,27H,10,13-14H2,1-6H3,(H,24,26). The van der Waals surface area contributed by atoms with E-state index in [4.69, 9.17) is 5.21 Å². The predicted octanol–water partition coefficient (Wildman–Crippen LogP) is 2.77. The van der Waals surface area contributed by atoms with Gasteiger partial charge in [-0.1, -0.05) is 23.4 Å². The van der Waals surface area contributed by atoms with E-state index in [2.05, 4.69) is 26.3 Å². The Hall–Kier alpha value is -2.25. The van der Waals surface area contributed by atoms with E-state index < -0.39 is 0 Å². The average Bonchev–Trinajstić information content (AvgIpc) is 2.65. The van der Waals surface area contributed by atoms with Gasteiger partial charge >= 0.3 is 0 Å². The van der Waals surface area contributed by atoms with Crippen molar-refractivity contribution in [1.82, 2.24) is 16.1 Å². The molecule has 1 aromatic rings. The molecule has 0 bridgehead atoms. The summed E-state index contributed by atoms with van der Waals surface area (Å²) in [6.07, 6.45) is 0.898. The summed E-state index contributed by atoms with van der Waals surface area (Å²) in [7, 11) is 0. The van der Waals surface area contributed by atoms with Crippen LogP contribution in [0.5, 0.6) is 0 Å². The van der Waals surface area contributed by atoms with Crippen LogP contribution in [-0.4, -0.2) is 46.7 Å². The number of nitrogens with one attached hydrogen (secondary N) is 3. The second-order valence-corrected chi connectivity index (χ2v) is 7.65. The van der Waals surface area contributed by atoms with Crippen LogP contribution in [0.1, 0.15) is 58.3 Å². The van der Waals surface area contributed by atoms with Gasteiger partial charge in [0.1, 0.15) is 0 Å². The molecular weight excluding hydrogens is 342 g/mol. The number of hydrogen-bond donors (Lipinski definition) is 4. The Morgan fingerprint density at radius 1 is 0.963 bits per heavy atom. The van der Waals surface area contributed by atoms with E-state index >= 15 is 0 Å². The number of hydrazone groups is 1.